The lowest BCUT2D eigenvalue weighted by Gasteiger charge is -2.37. The Morgan fingerprint density at radius 2 is 1.96 bits per heavy atom. The van der Waals surface area contributed by atoms with Crippen molar-refractivity contribution in [3.63, 3.8) is 0 Å². The number of sulfonamides is 1. The van der Waals surface area contributed by atoms with Crippen molar-refractivity contribution in [3.05, 3.63) is 41.3 Å². The molecule has 0 amide bonds. The molecule has 0 saturated carbocycles. The van der Waals surface area contributed by atoms with Crippen LogP contribution in [-0.4, -0.2) is 39.0 Å². The van der Waals surface area contributed by atoms with Gasteiger partial charge in [-0.1, -0.05) is 13.0 Å². The summed E-state index contributed by atoms with van der Waals surface area (Å²) in [7, 11) is -1.78. The van der Waals surface area contributed by atoms with Crippen molar-refractivity contribution in [1.82, 2.24) is 4.31 Å². The summed E-state index contributed by atoms with van der Waals surface area (Å²) in [4.78, 5) is 1.08. The number of nitrogens with zero attached hydrogens (tertiary/aromatic N) is 1. The Kier molecular flexibility index (Phi) is 4.61. The Hall–Kier alpha value is -1.57. The highest BCUT2D eigenvalue weighted by molar-refractivity contribution is 7.91. The Morgan fingerprint density at radius 3 is 2.61 bits per heavy atom. The van der Waals surface area contributed by atoms with Crippen LogP contribution in [0.5, 0.6) is 11.5 Å². The standard InChI is InChI=1S/C16H19NO4S2/c1-3-15-7-8-16(22-15)23(18,19)17-10-14(11-17)21-13-6-4-5-12(9-13)20-2/h4-9,14H,3,10-11H2,1-2H3. The van der Waals surface area contributed by atoms with Crippen molar-refractivity contribution in [1.29, 1.82) is 0 Å². The maximum Gasteiger partial charge on any atom is 0.252 e. The van der Waals surface area contributed by atoms with Gasteiger partial charge in [-0.2, -0.15) is 4.31 Å². The van der Waals surface area contributed by atoms with E-state index in [1.807, 2.05) is 31.2 Å². The van der Waals surface area contributed by atoms with Crippen LogP contribution < -0.4 is 9.47 Å². The lowest BCUT2D eigenvalue weighted by atomic mass is 10.2. The van der Waals surface area contributed by atoms with Crippen molar-refractivity contribution < 1.29 is 17.9 Å². The van der Waals surface area contributed by atoms with E-state index >= 15 is 0 Å². The third kappa shape index (κ3) is 3.36. The van der Waals surface area contributed by atoms with Gasteiger partial charge in [0.15, 0.2) is 0 Å². The smallest absolute Gasteiger partial charge is 0.252 e. The van der Waals surface area contributed by atoms with Crippen molar-refractivity contribution in [2.24, 2.45) is 0 Å². The molecule has 0 radical (unpaired) electrons. The second-order valence-corrected chi connectivity index (χ2v) is 8.65. The molecular weight excluding hydrogens is 334 g/mol. The van der Waals surface area contributed by atoms with E-state index in [2.05, 4.69) is 0 Å². The quantitative estimate of drug-likeness (QED) is 0.801. The predicted octanol–water partition coefficient (Wildman–Crippen LogP) is 2.77. The van der Waals surface area contributed by atoms with Crippen LogP contribution in [-0.2, 0) is 16.4 Å². The average molecular weight is 353 g/mol. The topological polar surface area (TPSA) is 55.8 Å². The van der Waals surface area contributed by atoms with Gasteiger partial charge in [0.05, 0.1) is 20.2 Å². The van der Waals surface area contributed by atoms with E-state index in [-0.39, 0.29) is 6.10 Å². The van der Waals surface area contributed by atoms with Crippen LogP contribution in [0.4, 0.5) is 0 Å². The summed E-state index contributed by atoms with van der Waals surface area (Å²) in [6.07, 6.45) is 0.726. The van der Waals surface area contributed by atoms with Crippen LogP contribution in [0, 0.1) is 0 Å². The number of benzene rings is 1. The zero-order valence-electron chi connectivity index (χ0n) is 13.1. The molecule has 1 aliphatic heterocycles. The molecule has 3 rings (SSSR count). The largest absolute Gasteiger partial charge is 0.497 e. The molecule has 2 aromatic rings. The van der Waals surface area contributed by atoms with E-state index in [9.17, 15) is 8.42 Å². The Morgan fingerprint density at radius 1 is 1.22 bits per heavy atom. The van der Waals surface area contributed by atoms with E-state index in [0.717, 1.165) is 17.0 Å². The van der Waals surface area contributed by atoms with Crippen LogP contribution >= 0.6 is 11.3 Å². The minimum Gasteiger partial charge on any atom is -0.497 e. The van der Waals surface area contributed by atoms with Gasteiger partial charge in [0.2, 0.25) is 0 Å². The van der Waals surface area contributed by atoms with E-state index < -0.39 is 10.0 Å². The minimum absolute atomic E-state index is 0.123. The van der Waals surface area contributed by atoms with Gasteiger partial charge >= 0.3 is 0 Å². The summed E-state index contributed by atoms with van der Waals surface area (Å²) in [5.41, 5.74) is 0. The summed E-state index contributed by atoms with van der Waals surface area (Å²) < 4.78 is 37.8. The maximum atomic E-state index is 12.5. The second-order valence-electron chi connectivity index (χ2n) is 5.32. The van der Waals surface area contributed by atoms with Gasteiger partial charge in [0.1, 0.15) is 21.8 Å². The molecule has 2 heterocycles. The lowest BCUT2D eigenvalue weighted by molar-refractivity contribution is 0.0761. The van der Waals surface area contributed by atoms with Crippen LogP contribution in [0.1, 0.15) is 11.8 Å². The van der Waals surface area contributed by atoms with Crippen molar-refractivity contribution in [2.45, 2.75) is 23.7 Å². The molecule has 1 aromatic heterocycles. The Bertz CT molecular complexity index is 779. The first-order valence-electron chi connectivity index (χ1n) is 7.42. The molecule has 1 aliphatic rings. The number of methoxy groups -OCH3 is 1. The summed E-state index contributed by atoms with van der Waals surface area (Å²) >= 11 is 1.34. The van der Waals surface area contributed by atoms with E-state index in [0.29, 0.717) is 23.0 Å². The van der Waals surface area contributed by atoms with Crippen LogP contribution in [0.25, 0.3) is 0 Å². The molecule has 0 spiro atoms. The average Bonchev–Trinajstić information content (AvgIpc) is 3.00. The molecule has 0 aliphatic carbocycles. The van der Waals surface area contributed by atoms with Crippen LogP contribution in [0.3, 0.4) is 0 Å². The summed E-state index contributed by atoms with van der Waals surface area (Å²) in [5.74, 6) is 1.41. The SMILES string of the molecule is CCc1ccc(S(=O)(=O)N2CC(Oc3cccc(OC)c3)C2)s1. The third-order valence-corrected chi connectivity index (χ3v) is 7.27. The molecule has 7 heteroatoms. The molecule has 0 bridgehead atoms. The second kappa shape index (κ2) is 6.51. The zero-order chi connectivity index (χ0) is 16.4. The molecule has 0 N–H and O–H groups in total. The summed E-state index contributed by atoms with van der Waals surface area (Å²) in [6, 6.07) is 10.9. The number of rotatable bonds is 6. The number of hydrogen-bond acceptors (Lipinski definition) is 5. The number of thiophene rings is 1. The molecule has 0 unspecified atom stereocenters. The molecule has 23 heavy (non-hydrogen) atoms. The van der Waals surface area contributed by atoms with Crippen molar-refractivity contribution in [3.8, 4) is 11.5 Å². The van der Waals surface area contributed by atoms with Crippen molar-refractivity contribution in [2.75, 3.05) is 20.2 Å². The van der Waals surface area contributed by atoms with E-state index in [1.165, 1.54) is 15.6 Å². The molecule has 1 fully saturated rings. The van der Waals surface area contributed by atoms with Crippen molar-refractivity contribution >= 4 is 21.4 Å². The van der Waals surface area contributed by atoms with Gasteiger partial charge in [-0.05, 0) is 30.7 Å². The van der Waals surface area contributed by atoms with Crippen LogP contribution in [0.15, 0.2) is 40.6 Å². The van der Waals surface area contributed by atoms with Crippen LogP contribution in [0.2, 0.25) is 0 Å². The zero-order valence-corrected chi connectivity index (χ0v) is 14.7. The van der Waals surface area contributed by atoms with Gasteiger partial charge in [-0.3, -0.25) is 0 Å². The first-order chi connectivity index (χ1) is 11.0. The number of aryl methyl sites for hydroxylation is 1. The summed E-state index contributed by atoms with van der Waals surface area (Å²) in [5, 5.41) is 0. The monoisotopic (exact) mass is 353 g/mol. The minimum atomic E-state index is -3.38. The lowest BCUT2D eigenvalue weighted by Crippen LogP contribution is -2.55. The maximum absolute atomic E-state index is 12.5. The van der Waals surface area contributed by atoms with E-state index in [1.54, 1.807) is 19.2 Å². The fourth-order valence-corrected chi connectivity index (χ4v) is 5.31. The molecule has 1 saturated heterocycles. The normalized spacial score (nSPS) is 16.1. The molecule has 1 aromatic carbocycles. The molecule has 124 valence electrons. The predicted molar refractivity (Wildman–Crippen MR) is 89.9 cm³/mol. The van der Waals surface area contributed by atoms with Gasteiger partial charge in [0, 0.05) is 10.9 Å². The highest BCUT2D eigenvalue weighted by Crippen LogP contribution is 2.30. The molecular formula is C16H19NO4S2. The summed E-state index contributed by atoms with van der Waals surface area (Å²) in [6.45, 7) is 2.77. The van der Waals surface area contributed by atoms with E-state index in [4.69, 9.17) is 9.47 Å². The third-order valence-electron chi connectivity index (χ3n) is 3.74. The fourth-order valence-electron chi connectivity index (χ4n) is 2.35. The first kappa shape index (κ1) is 16.3. The number of hydrogen-bond donors (Lipinski definition) is 0. The Balaban J connectivity index is 1.61. The van der Waals surface area contributed by atoms with Gasteiger partial charge in [-0.25, -0.2) is 8.42 Å². The van der Waals surface area contributed by atoms with Gasteiger partial charge in [-0.15, -0.1) is 11.3 Å². The fraction of sp³-hybridized carbons (Fsp3) is 0.375. The van der Waals surface area contributed by atoms with Gasteiger partial charge in [0.25, 0.3) is 10.0 Å². The first-order valence-corrected chi connectivity index (χ1v) is 9.68. The van der Waals surface area contributed by atoms with Gasteiger partial charge < -0.3 is 9.47 Å². The molecule has 0 atom stereocenters. The Labute approximate surface area is 140 Å². The highest BCUT2D eigenvalue weighted by atomic mass is 32.2. The molecule has 5 nitrogen and oxygen atoms in total. The highest BCUT2D eigenvalue weighted by Gasteiger charge is 2.38. The number of ether oxygens (including phenoxy) is 2.